The molecular weight excluding hydrogens is 258 g/mol. The van der Waals surface area contributed by atoms with E-state index in [1.807, 2.05) is 0 Å². The van der Waals surface area contributed by atoms with Crippen LogP contribution in [-0.2, 0) is 0 Å². The first-order valence-electron chi connectivity index (χ1n) is 9.37. The molecule has 3 nitrogen and oxygen atoms in total. The van der Waals surface area contributed by atoms with Gasteiger partial charge in [-0.1, -0.05) is 71.1 Å². The summed E-state index contributed by atoms with van der Waals surface area (Å²) in [5.74, 6) is 0. The van der Waals surface area contributed by atoms with Crippen LogP contribution >= 0.6 is 0 Å². The minimum absolute atomic E-state index is 0.0612. The summed E-state index contributed by atoms with van der Waals surface area (Å²) < 4.78 is 0. The van der Waals surface area contributed by atoms with Gasteiger partial charge in [0.2, 0.25) is 0 Å². The molecule has 0 aromatic rings. The lowest BCUT2D eigenvalue weighted by molar-refractivity contribution is 0.324. The highest BCUT2D eigenvalue weighted by molar-refractivity contribution is 4.84. The zero-order chi connectivity index (χ0) is 15.8. The first-order chi connectivity index (χ1) is 10.2. The summed E-state index contributed by atoms with van der Waals surface area (Å²) in [6.45, 7) is 3.70. The molecule has 1 atom stereocenters. The van der Waals surface area contributed by atoms with Gasteiger partial charge in [0.1, 0.15) is 0 Å². The Morgan fingerprint density at radius 2 is 1.05 bits per heavy atom. The maximum Gasteiger partial charge on any atom is 0.0166 e. The predicted octanol–water partition coefficient (Wildman–Crippen LogP) is 4.08. The van der Waals surface area contributed by atoms with Crippen LogP contribution in [0.15, 0.2) is 0 Å². The molecule has 1 unspecified atom stereocenters. The van der Waals surface area contributed by atoms with E-state index in [4.69, 9.17) is 17.2 Å². The molecule has 0 rings (SSSR count). The second-order valence-electron chi connectivity index (χ2n) is 6.73. The van der Waals surface area contributed by atoms with Gasteiger partial charge in [0.05, 0.1) is 0 Å². The van der Waals surface area contributed by atoms with Gasteiger partial charge >= 0.3 is 0 Å². The molecule has 0 amide bonds. The fraction of sp³-hybridized carbons (Fsp3) is 1.00. The molecule has 0 aromatic heterocycles. The minimum atomic E-state index is -0.0612. The SMILES string of the molecule is CCCCCCCCCCCCC(N)(CCN)CCCN. The molecule has 0 bridgehead atoms. The van der Waals surface area contributed by atoms with Crippen LogP contribution in [-0.4, -0.2) is 18.6 Å². The maximum absolute atomic E-state index is 6.47. The average molecular weight is 300 g/mol. The van der Waals surface area contributed by atoms with Gasteiger partial charge in [0.15, 0.2) is 0 Å². The van der Waals surface area contributed by atoms with E-state index in [1.165, 1.54) is 64.2 Å². The Kier molecular flexibility index (Phi) is 14.7. The Labute approximate surface area is 133 Å². The molecule has 0 heterocycles. The summed E-state index contributed by atoms with van der Waals surface area (Å²) in [6.07, 6.45) is 17.8. The molecule has 128 valence electrons. The van der Waals surface area contributed by atoms with Crippen molar-refractivity contribution in [2.45, 2.75) is 102 Å². The van der Waals surface area contributed by atoms with Crippen molar-refractivity contribution in [3.05, 3.63) is 0 Å². The average Bonchev–Trinajstić information content (AvgIpc) is 2.47. The van der Waals surface area contributed by atoms with Gasteiger partial charge < -0.3 is 17.2 Å². The van der Waals surface area contributed by atoms with E-state index < -0.39 is 0 Å². The summed E-state index contributed by atoms with van der Waals surface area (Å²) in [5, 5.41) is 0. The standard InChI is InChI=1S/C18H41N3/c1-2-3-4-5-6-7-8-9-10-11-13-18(21,15-17-20)14-12-16-19/h2-17,19-21H2,1H3. The number of unbranched alkanes of at least 4 members (excludes halogenated alkanes) is 9. The van der Waals surface area contributed by atoms with Crippen molar-refractivity contribution in [1.29, 1.82) is 0 Å². The molecule has 0 aliphatic heterocycles. The van der Waals surface area contributed by atoms with Crippen molar-refractivity contribution < 1.29 is 0 Å². The topological polar surface area (TPSA) is 78.1 Å². The molecule has 6 N–H and O–H groups in total. The third-order valence-corrected chi connectivity index (χ3v) is 4.55. The number of hydrogen-bond acceptors (Lipinski definition) is 3. The predicted molar refractivity (Wildman–Crippen MR) is 95.3 cm³/mol. The molecule has 0 radical (unpaired) electrons. The Bertz CT molecular complexity index is 209. The fourth-order valence-corrected chi connectivity index (χ4v) is 3.08. The smallest absolute Gasteiger partial charge is 0.0166 e. The van der Waals surface area contributed by atoms with Gasteiger partial charge in [-0.3, -0.25) is 0 Å². The monoisotopic (exact) mass is 299 g/mol. The van der Waals surface area contributed by atoms with Gasteiger partial charge in [-0.15, -0.1) is 0 Å². The van der Waals surface area contributed by atoms with Crippen molar-refractivity contribution >= 4 is 0 Å². The molecule has 0 aliphatic rings. The van der Waals surface area contributed by atoms with Crippen LogP contribution in [0.1, 0.15) is 96.8 Å². The summed E-state index contributed by atoms with van der Waals surface area (Å²) in [5.41, 5.74) is 17.7. The normalized spacial score (nSPS) is 14.3. The summed E-state index contributed by atoms with van der Waals surface area (Å²) >= 11 is 0. The van der Waals surface area contributed by atoms with Crippen LogP contribution < -0.4 is 17.2 Å². The van der Waals surface area contributed by atoms with E-state index in [2.05, 4.69) is 6.92 Å². The quantitative estimate of drug-likeness (QED) is 0.376. The number of hydrogen-bond donors (Lipinski definition) is 3. The summed E-state index contributed by atoms with van der Waals surface area (Å²) in [6, 6.07) is 0. The second kappa shape index (κ2) is 14.8. The van der Waals surface area contributed by atoms with Crippen molar-refractivity contribution in [2.24, 2.45) is 17.2 Å². The molecule has 0 spiro atoms. The lowest BCUT2D eigenvalue weighted by Gasteiger charge is -2.29. The van der Waals surface area contributed by atoms with E-state index in [9.17, 15) is 0 Å². The first-order valence-corrected chi connectivity index (χ1v) is 9.37. The van der Waals surface area contributed by atoms with Crippen LogP contribution in [0.2, 0.25) is 0 Å². The highest BCUT2D eigenvalue weighted by Crippen LogP contribution is 2.22. The molecule has 0 aromatic carbocycles. The molecule has 0 fully saturated rings. The minimum Gasteiger partial charge on any atom is -0.330 e. The third kappa shape index (κ3) is 13.3. The van der Waals surface area contributed by atoms with E-state index in [0.29, 0.717) is 6.54 Å². The third-order valence-electron chi connectivity index (χ3n) is 4.55. The molecule has 21 heavy (non-hydrogen) atoms. The molecule has 0 saturated carbocycles. The second-order valence-corrected chi connectivity index (χ2v) is 6.73. The van der Waals surface area contributed by atoms with Gasteiger partial charge in [-0.2, -0.15) is 0 Å². The van der Waals surface area contributed by atoms with Crippen LogP contribution in [0.5, 0.6) is 0 Å². The molecule has 0 saturated heterocycles. The molecule has 0 aliphatic carbocycles. The van der Waals surface area contributed by atoms with Crippen LogP contribution in [0.25, 0.3) is 0 Å². The van der Waals surface area contributed by atoms with Gasteiger partial charge in [-0.05, 0) is 38.8 Å². The Morgan fingerprint density at radius 1 is 0.571 bits per heavy atom. The highest BCUT2D eigenvalue weighted by Gasteiger charge is 2.22. The summed E-state index contributed by atoms with van der Waals surface area (Å²) in [7, 11) is 0. The van der Waals surface area contributed by atoms with Crippen LogP contribution in [0, 0.1) is 0 Å². The number of rotatable bonds is 16. The largest absolute Gasteiger partial charge is 0.330 e. The van der Waals surface area contributed by atoms with E-state index >= 15 is 0 Å². The number of nitrogens with two attached hydrogens (primary N) is 3. The van der Waals surface area contributed by atoms with Crippen molar-refractivity contribution in [3.8, 4) is 0 Å². The fourth-order valence-electron chi connectivity index (χ4n) is 3.08. The Hall–Kier alpha value is -0.120. The van der Waals surface area contributed by atoms with E-state index in [1.54, 1.807) is 0 Å². The lowest BCUT2D eigenvalue weighted by atomic mass is 9.85. The van der Waals surface area contributed by atoms with Crippen molar-refractivity contribution in [2.75, 3.05) is 13.1 Å². The van der Waals surface area contributed by atoms with Crippen LogP contribution in [0.4, 0.5) is 0 Å². The Morgan fingerprint density at radius 3 is 1.52 bits per heavy atom. The first kappa shape index (κ1) is 20.9. The van der Waals surface area contributed by atoms with Gasteiger partial charge in [0.25, 0.3) is 0 Å². The van der Waals surface area contributed by atoms with E-state index in [-0.39, 0.29) is 5.54 Å². The highest BCUT2D eigenvalue weighted by atomic mass is 14.8. The molecular formula is C18H41N3. The van der Waals surface area contributed by atoms with E-state index in [0.717, 1.165) is 32.2 Å². The van der Waals surface area contributed by atoms with Crippen molar-refractivity contribution in [1.82, 2.24) is 0 Å². The zero-order valence-corrected chi connectivity index (χ0v) is 14.5. The molecule has 3 heteroatoms. The maximum atomic E-state index is 6.47. The van der Waals surface area contributed by atoms with Gasteiger partial charge in [0, 0.05) is 5.54 Å². The summed E-state index contributed by atoms with van der Waals surface area (Å²) in [4.78, 5) is 0. The van der Waals surface area contributed by atoms with Gasteiger partial charge in [-0.25, -0.2) is 0 Å². The van der Waals surface area contributed by atoms with Crippen molar-refractivity contribution in [3.63, 3.8) is 0 Å². The lowest BCUT2D eigenvalue weighted by Crippen LogP contribution is -2.42. The zero-order valence-electron chi connectivity index (χ0n) is 14.5. The van der Waals surface area contributed by atoms with Crippen LogP contribution in [0.3, 0.4) is 0 Å². The Balaban J connectivity index is 3.49.